The lowest BCUT2D eigenvalue weighted by Crippen LogP contribution is -2.33. The van der Waals surface area contributed by atoms with Gasteiger partial charge in [-0.2, -0.15) is 0 Å². The van der Waals surface area contributed by atoms with E-state index >= 15 is 0 Å². The molecule has 0 amide bonds. The SMILES string of the molecule is CCN(c1nc2c(cc1C(=O)O)CCC2)C(C)C. The number of hydrogen-bond donors (Lipinski definition) is 1. The summed E-state index contributed by atoms with van der Waals surface area (Å²) >= 11 is 0. The number of hydrogen-bond acceptors (Lipinski definition) is 3. The maximum atomic E-state index is 11.4. The van der Waals surface area contributed by atoms with E-state index in [2.05, 4.69) is 18.8 Å². The summed E-state index contributed by atoms with van der Waals surface area (Å²) in [4.78, 5) is 18.1. The number of carbonyl (C=O) groups is 1. The van der Waals surface area contributed by atoms with Crippen LogP contribution in [0.1, 0.15) is 48.8 Å². The lowest BCUT2D eigenvalue weighted by molar-refractivity contribution is 0.0697. The van der Waals surface area contributed by atoms with Crippen LogP contribution >= 0.6 is 0 Å². The number of anilines is 1. The van der Waals surface area contributed by atoms with Crippen LogP contribution in [0.3, 0.4) is 0 Å². The average molecular weight is 248 g/mol. The Kier molecular flexibility index (Phi) is 3.55. The van der Waals surface area contributed by atoms with Crippen molar-refractivity contribution in [3.63, 3.8) is 0 Å². The van der Waals surface area contributed by atoms with Crippen LogP contribution in [0.2, 0.25) is 0 Å². The lowest BCUT2D eigenvalue weighted by Gasteiger charge is -2.28. The number of carboxylic acid groups (broad SMARTS) is 1. The van der Waals surface area contributed by atoms with E-state index in [0.717, 1.165) is 37.1 Å². The molecule has 1 aromatic rings. The Bertz CT molecular complexity index is 469. The van der Waals surface area contributed by atoms with Crippen molar-refractivity contribution in [2.45, 2.75) is 46.1 Å². The van der Waals surface area contributed by atoms with Crippen molar-refractivity contribution in [2.24, 2.45) is 0 Å². The summed E-state index contributed by atoms with van der Waals surface area (Å²) in [5.74, 6) is -0.257. The monoisotopic (exact) mass is 248 g/mol. The van der Waals surface area contributed by atoms with Crippen LogP contribution in [0.15, 0.2) is 6.07 Å². The van der Waals surface area contributed by atoms with Crippen LogP contribution in [-0.4, -0.2) is 28.6 Å². The summed E-state index contributed by atoms with van der Waals surface area (Å²) in [6.45, 7) is 6.92. The molecule has 1 aliphatic rings. The van der Waals surface area contributed by atoms with Crippen LogP contribution in [0, 0.1) is 0 Å². The molecule has 1 heterocycles. The van der Waals surface area contributed by atoms with Crippen LogP contribution in [0.25, 0.3) is 0 Å². The summed E-state index contributed by atoms with van der Waals surface area (Å²) in [6.07, 6.45) is 3.01. The van der Waals surface area contributed by atoms with E-state index in [4.69, 9.17) is 0 Å². The number of aromatic nitrogens is 1. The third-order valence-electron chi connectivity index (χ3n) is 3.50. The predicted octanol–water partition coefficient (Wildman–Crippen LogP) is 2.50. The first-order valence-corrected chi connectivity index (χ1v) is 6.57. The van der Waals surface area contributed by atoms with Gasteiger partial charge in [0, 0.05) is 18.3 Å². The zero-order chi connectivity index (χ0) is 13.3. The van der Waals surface area contributed by atoms with Gasteiger partial charge in [-0.05, 0) is 51.7 Å². The first-order valence-electron chi connectivity index (χ1n) is 6.57. The molecule has 0 saturated carbocycles. The Balaban J connectivity index is 2.53. The van der Waals surface area contributed by atoms with Gasteiger partial charge in [0.1, 0.15) is 11.4 Å². The summed E-state index contributed by atoms with van der Waals surface area (Å²) < 4.78 is 0. The van der Waals surface area contributed by atoms with Crippen molar-refractivity contribution in [1.29, 1.82) is 0 Å². The van der Waals surface area contributed by atoms with Gasteiger partial charge in [0.25, 0.3) is 0 Å². The molecule has 1 N–H and O–H groups in total. The molecule has 1 aliphatic carbocycles. The molecular weight excluding hydrogens is 228 g/mol. The minimum atomic E-state index is -0.883. The zero-order valence-electron chi connectivity index (χ0n) is 11.2. The third-order valence-corrected chi connectivity index (χ3v) is 3.50. The maximum absolute atomic E-state index is 11.4. The molecule has 0 aromatic carbocycles. The zero-order valence-corrected chi connectivity index (χ0v) is 11.2. The molecule has 98 valence electrons. The van der Waals surface area contributed by atoms with Gasteiger partial charge < -0.3 is 10.0 Å². The highest BCUT2D eigenvalue weighted by Gasteiger charge is 2.23. The van der Waals surface area contributed by atoms with E-state index in [1.165, 1.54) is 0 Å². The number of nitrogens with zero attached hydrogens (tertiary/aromatic N) is 2. The van der Waals surface area contributed by atoms with Gasteiger partial charge in [-0.1, -0.05) is 0 Å². The number of carboxylic acids is 1. The second kappa shape index (κ2) is 4.96. The quantitative estimate of drug-likeness (QED) is 0.889. The van der Waals surface area contributed by atoms with Crippen LogP contribution in [0.5, 0.6) is 0 Å². The summed E-state index contributed by atoms with van der Waals surface area (Å²) in [6, 6.07) is 2.07. The summed E-state index contributed by atoms with van der Waals surface area (Å²) in [5.41, 5.74) is 2.52. The smallest absolute Gasteiger partial charge is 0.339 e. The van der Waals surface area contributed by atoms with Gasteiger partial charge in [-0.3, -0.25) is 0 Å². The van der Waals surface area contributed by atoms with Crippen molar-refractivity contribution >= 4 is 11.8 Å². The number of aryl methyl sites for hydroxylation is 2. The second-order valence-corrected chi connectivity index (χ2v) is 5.00. The van der Waals surface area contributed by atoms with E-state index in [1.54, 1.807) is 0 Å². The standard InChI is InChI=1S/C14H20N2O2/c1-4-16(9(2)3)13-11(14(17)18)8-10-6-5-7-12(10)15-13/h8-9H,4-7H2,1-3H3,(H,17,18). The molecule has 18 heavy (non-hydrogen) atoms. The first kappa shape index (κ1) is 12.9. The lowest BCUT2D eigenvalue weighted by atomic mass is 10.1. The molecule has 0 atom stereocenters. The Labute approximate surface area is 108 Å². The molecule has 0 spiro atoms. The van der Waals surface area contributed by atoms with Crippen LogP contribution in [0.4, 0.5) is 5.82 Å². The number of fused-ring (bicyclic) bond motifs is 1. The minimum Gasteiger partial charge on any atom is -0.478 e. The fourth-order valence-corrected chi connectivity index (χ4v) is 2.60. The van der Waals surface area contributed by atoms with Gasteiger partial charge in [-0.15, -0.1) is 0 Å². The predicted molar refractivity (Wildman–Crippen MR) is 71.4 cm³/mol. The van der Waals surface area contributed by atoms with E-state index in [0.29, 0.717) is 11.4 Å². The highest BCUT2D eigenvalue weighted by atomic mass is 16.4. The van der Waals surface area contributed by atoms with Crippen molar-refractivity contribution < 1.29 is 9.90 Å². The molecule has 0 radical (unpaired) electrons. The fourth-order valence-electron chi connectivity index (χ4n) is 2.60. The highest BCUT2D eigenvalue weighted by Crippen LogP contribution is 2.28. The molecule has 0 fully saturated rings. The molecule has 0 unspecified atom stereocenters. The van der Waals surface area contributed by atoms with Gasteiger partial charge in [-0.25, -0.2) is 9.78 Å². The second-order valence-electron chi connectivity index (χ2n) is 5.00. The Morgan fingerprint density at radius 2 is 2.22 bits per heavy atom. The van der Waals surface area contributed by atoms with E-state index in [1.807, 2.05) is 17.9 Å². The van der Waals surface area contributed by atoms with Crippen molar-refractivity contribution in [2.75, 3.05) is 11.4 Å². The molecule has 2 rings (SSSR count). The molecule has 0 aliphatic heterocycles. The Morgan fingerprint density at radius 1 is 1.50 bits per heavy atom. The van der Waals surface area contributed by atoms with Gasteiger partial charge in [0.05, 0.1) is 0 Å². The third kappa shape index (κ3) is 2.19. The number of rotatable bonds is 4. The Hall–Kier alpha value is -1.58. The van der Waals surface area contributed by atoms with Crippen molar-refractivity contribution in [1.82, 2.24) is 4.98 Å². The average Bonchev–Trinajstić information content (AvgIpc) is 2.75. The fraction of sp³-hybridized carbons (Fsp3) is 0.571. The van der Waals surface area contributed by atoms with Gasteiger partial charge in [0.2, 0.25) is 0 Å². The Morgan fingerprint density at radius 3 is 2.78 bits per heavy atom. The van der Waals surface area contributed by atoms with Crippen LogP contribution < -0.4 is 4.90 Å². The normalized spacial score (nSPS) is 13.8. The van der Waals surface area contributed by atoms with Crippen molar-refractivity contribution in [3.8, 4) is 0 Å². The van der Waals surface area contributed by atoms with Crippen LogP contribution in [-0.2, 0) is 12.8 Å². The molecule has 4 nitrogen and oxygen atoms in total. The molecule has 0 bridgehead atoms. The molecule has 4 heteroatoms. The summed E-state index contributed by atoms with van der Waals surface area (Å²) in [7, 11) is 0. The number of aromatic carboxylic acids is 1. The van der Waals surface area contributed by atoms with Gasteiger partial charge in [0.15, 0.2) is 0 Å². The number of pyridine rings is 1. The van der Waals surface area contributed by atoms with Crippen molar-refractivity contribution in [3.05, 3.63) is 22.9 Å². The first-order chi connectivity index (χ1) is 8.54. The topological polar surface area (TPSA) is 53.4 Å². The molecule has 1 aromatic heterocycles. The maximum Gasteiger partial charge on any atom is 0.339 e. The molecule has 0 saturated heterocycles. The highest BCUT2D eigenvalue weighted by molar-refractivity contribution is 5.93. The van der Waals surface area contributed by atoms with E-state index in [-0.39, 0.29) is 6.04 Å². The molecular formula is C14H20N2O2. The van der Waals surface area contributed by atoms with E-state index in [9.17, 15) is 9.90 Å². The van der Waals surface area contributed by atoms with E-state index < -0.39 is 5.97 Å². The largest absolute Gasteiger partial charge is 0.478 e. The minimum absolute atomic E-state index is 0.250. The summed E-state index contributed by atoms with van der Waals surface area (Å²) in [5, 5.41) is 9.36. The van der Waals surface area contributed by atoms with Gasteiger partial charge >= 0.3 is 5.97 Å².